The molecule has 31 heavy (non-hydrogen) atoms. The maximum atomic E-state index is 12.6. The molecule has 0 radical (unpaired) electrons. The van der Waals surface area contributed by atoms with E-state index in [1.807, 2.05) is 0 Å². The Morgan fingerprint density at radius 2 is 2.03 bits per heavy atom. The highest BCUT2D eigenvalue weighted by atomic mass is 32.2. The van der Waals surface area contributed by atoms with Crippen LogP contribution in [0.3, 0.4) is 0 Å². The molecule has 3 unspecified atom stereocenters. The van der Waals surface area contributed by atoms with Crippen molar-refractivity contribution in [3.8, 4) is 0 Å². The first kappa shape index (κ1) is 22.8. The molecule has 3 fully saturated rings. The molecule has 6 amide bonds. The Bertz CT molecular complexity index is 984. The van der Waals surface area contributed by atoms with Crippen molar-refractivity contribution < 1.29 is 32.4 Å². The van der Waals surface area contributed by atoms with Crippen molar-refractivity contribution in [1.29, 1.82) is 5.41 Å². The van der Waals surface area contributed by atoms with Gasteiger partial charge in [0.1, 0.15) is 6.04 Å². The number of imide groups is 1. The van der Waals surface area contributed by atoms with Crippen molar-refractivity contribution in [3.63, 3.8) is 0 Å². The molecule has 6 N–H and O–H groups in total. The number of amides is 6. The summed E-state index contributed by atoms with van der Waals surface area (Å²) in [6, 6.07) is -3.82. The zero-order valence-corrected chi connectivity index (χ0v) is 17.9. The third-order valence-electron chi connectivity index (χ3n) is 4.80. The number of β-lactam (4-membered cyclic amide) rings is 1. The van der Waals surface area contributed by atoms with Gasteiger partial charge >= 0.3 is 22.3 Å². The number of primary amides is 1. The van der Waals surface area contributed by atoms with Gasteiger partial charge in [-0.15, -0.1) is 4.53 Å². The zero-order chi connectivity index (χ0) is 23.1. The van der Waals surface area contributed by atoms with Crippen LogP contribution < -0.4 is 16.3 Å². The molecule has 3 atom stereocenters. The smallest absolute Gasteiger partial charge is 0.349 e. The number of hydrogen-bond acceptors (Lipinski definition) is 10. The van der Waals surface area contributed by atoms with E-state index in [9.17, 15) is 27.6 Å². The van der Waals surface area contributed by atoms with Gasteiger partial charge < -0.3 is 10.6 Å². The SMILES string of the molecule is CON=S1CC(CC(N)=O)N(C2CN(C(=O)NS(=O)(=O)N3CCN(N)C3=O)C2=O)C1=N. The molecule has 0 aromatic rings. The first-order valence-corrected chi connectivity index (χ1v) is 11.6. The second kappa shape index (κ2) is 8.36. The van der Waals surface area contributed by atoms with E-state index < -0.39 is 56.9 Å². The summed E-state index contributed by atoms with van der Waals surface area (Å²) in [7, 11) is -4.27. The number of carbonyl (C=O) groups excluding carboxylic acids is 4. The van der Waals surface area contributed by atoms with Crippen LogP contribution in [0.25, 0.3) is 0 Å². The second-order valence-electron chi connectivity index (χ2n) is 6.75. The lowest BCUT2D eigenvalue weighted by Crippen LogP contribution is -2.69. The second-order valence-corrected chi connectivity index (χ2v) is 9.94. The summed E-state index contributed by atoms with van der Waals surface area (Å²) in [5, 5.41) is 8.88. The maximum Gasteiger partial charge on any atom is 0.349 e. The number of likely N-dealkylation sites (tertiary alicyclic amines) is 1. The van der Waals surface area contributed by atoms with Gasteiger partial charge in [-0.3, -0.25) is 24.9 Å². The fourth-order valence-electron chi connectivity index (χ4n) is 3.35. The number of carbonyl (C=O) groups is 4. The van der Waals surface area contributed by atoms with E-state index in [2.05, 4.69) is 4.53 Å². The van der Waals surface area contributed by atoms with Gasteiger partial charge in [0.15, 0.2) is 5.17 Å². The predicted molar refractivity (Wildman–Crippen MR) is 105 cm³/mol. The Morgan fingerprint density at radius 1 is 1.35 bits per heavy atom. The highest BCUT2D eigenvalue weighted by Crippen LogP contribution is 2.28. The molecular formula is C13H21N9O7S2. The molecule has 16 nitrogen and oxygen atoms in total. The summed E-state index contributed by atoms with van der Waals surface area (Å²) in [5.41, 5.74) is 5.25. The van der Waals surface area contributed by atoms with Crippen LogP contribution in [0.1, 0.15) is 6.42 Å². The minimum absolute atomic E-state index is 0.0502. The number of rotatable bonds is 6. The number of hydrogen-bond donors (Lipinski definition) is 4. The maximum absolute atomic E-state index is 12.6. The van der Waals surface area contributed by atoms with Crippen LogP contribution in [0.5, 0.6) is 0 Å². The Balaban J connectivity index is 1.69. The molecule has 0 aliphatic carbocycles. The van der Waals surface area contributed by atoms with E-state index >= 15 is 0 Å². The minimum atomic E-state index is -4.55. The van der Waals surface area contributed by atoms with Crippen molar-refractivity contribution >= 4 is 49.9 Å². The molecule has 0 bridgehead atoms. The van der Waals surface area contributed by atoms with Gasteiger partial charge in [-0.05, 0) is 10.7 Å². The fraction of sp³-hybridized carbons (Fsp3) is 0.615. The average Bonchev–Trinajstić information content (AvgIpc) is 3.14. The van der Waals surface area contributed by atoms with Crippen LogP contribution in [0.4, 0.5) is 9.59 Å². The van der Waals surface area contributed by atoms with Gasteiger partial charge in [0.2, 0.25) is 5.91 Å². The van der Waals surface area contributed by atoms with E-state index in [0.717, 1.165) is 0 Å². The van der Waals surface area contributed by atoms with Crippen molar-refractivity contribution in [3.05, 3.63) is 0 Å². The fourth-order valence-corrected chi connectivity index (χ4v) is 6.05. The van der Waals surface area contributed by atoms with E-state index in [1.165, 1.54) is 12.0 Å². The number of hydrazine groups is 1. The summed E-state index contributed by atoms with van der Waals surface area (Å²) in [6.07, 6.45) is -0.137. The predicted octanol–water partition coefficient (Wildman–Crippen LogP) is -3.38. The van der Waals surface area contributed by atoms with E-state index in [1.54, 1.807) is 4.72 Å². The van der Waals surface area contributed by atoms with Gasteiger partial charge in [0.25, 0.3) is 5.91 Å². The number of nitrogens with two attached hydrogens (primary N) is 2. The van der Waals surface area contributed by atoms with Crippen LogP contribution in [0, 0.1) is 5.41 Å². The lowest BCUT2D eigenvalue weighted by molar-refractivity contribution is -0.144. The molecular weight excluding hydrogens is 458 g/mol. The molecule has 3 rings (SSSR count). The van der Waals surface area contributed by atoms with Crippen molar-refractivity contribution in [1.82, 2.24) is 23.8 Å². The number of nitrogens with zero attached hydrogens (tertiary/aromatic N) is 5. The number of urea groups is 2. The molecule has 3 saturated heterocycles. The third kappa shape index (κ3) is 4.18. The lowest BCUT2D eigenvalue weighted by atomic mass is 10.0. The Morgan fingerprint density at radius 3 is 2.55 bits per heavy atom. The Labute approximate surface area is 179 Å². The van der Waals surface area contributed by atoms with E-state index in [4.69, 9.17) is 21.8 Å². The number of amidine groups is 1. The highest BCUT2D eigenvalue weighted by molar-refractivity contribution is 8.02. The summed E-state index contributed by atoms with van der Waals surface area (Å²) >= 11 is 0. The van der Waals surface area contributed by atoms with Gasteiger partial charge in [0, 0.05) is 12.2 Å². The largest absolute Gasteiger partial charge is 0.370 e. The van der Waals surface area contributed by atoms with Crippen molar-refractivity contribution in [2.24, 2.45) is 16.1 Å². The molecule has 3 aliphatic heterocycles. The quantitative estimate of drug-likeness (QED) is 0.129. The van der Waals surface area contributed by atoms with Gasteiger partial charge in [-0.2, -0.15) is 8.42 Å². The summed E-state index contributed by atoms with van der Waals surface area (Å²) in [4.78, 5) is 54.7. The molecule has 0 spiro atoms. The van der Waals surface area contributed by atoms with Crippen LogP contribution in [0.15, 0.2) is 4.53 Å². The molecule has 3 aliphatic rings. The van der Waals surface area contributed by atoms with Crippen LogP contribution in [0.2, 0.25) is 0 Å². The lowest BCUT2D eigenvalue weighted by Gasteiger charge is -2.43. The third-order valence-corrected chi connectivity index (χ3v) is 7.84. The summed E-state index contributed by atoms with van der Waals surface area (Å²) < 4.78 is 30.4. The standard InChI is InChI=1S/C13H21N9O7S2/c1-29-18-30-6-7(4-9(14)23)22(11(30)15)8-5-19(10(8)24)12(25)17-31(27,28)21-3-2-20(16)13(21)26/h7-8,15H,2-6,16H2,1H3,(H2,14,23)(H,17,25). The first-order valence-electron chi connectivity index (χ1n) is 8.80. The Kier molecular flexibility index (Phi) is 6.16. The van der Waals surface area contributed by atoms with E-state index in [-0.39, 0.29) is 37.0 Å². The normalized spacial score (nSPS) is 26.6. The molecule has 3 heterocycles. The monoisotopic (exact) mass is 479 g/mol. The Hall–Kier alpha value is -2.83. The summed E-state index contributed by atoms with van der Waals surface area (Å²) in [5.74, 6) is 4.15. The molecule has 0 saturated carbocycles. The van der Waals surface area contributed by atoms with Gasteiger partial charge in [-0.25, -0.2) is 29.3 Å². The van der Waals surface area contributed by atoms with Crippen molar-refractivity contribution in [2.75, 3.05) is 32.5 Å². The van der Waals surface area contributed by atoms with Crippen LogP contribution >= 0.6 is 0 Å². The first-order chi connectivity index (χ1) is 14.5. The topological polar surface area (TPSA) is 225 Å². The minimum Gasteiger partial charge on any atom is -0.370 e. The molecule has 0 aromatic carbocycles. The molecule has 0 aromatic heterocycles. The molecule has 18 heteroatoms. The van der Waals surface area contributed by atoms with Crippen LogP contribution in [-0.2, 0) is 35.3 Å². The van der Waals surface area contributed by atoms with Crippen molar-refractivity contribution in [2.45, 2.75) is 18.5 Å². The average molecular weight is 480 g/mol. The van der Waals surface area contributed by atoms with Crippen LogP contribution in [-0.4, -0.2) is 101 Å². The zero-order valence-electron chi connectivity index (χ0n) is 16.3. The highest BCUT2D eigenvalue weighted by Gasteiger charge is 2.51. The van der Waals surface area contributed by atoms with Gasteiger partial charge in [-0.1, -0.05) is 0 Å². The molecule has 172 valence electrons. The van der Waals surface area contributed by atoms with Gasteiger partial charge in [0.05, 0.1) is 32.8 Å². The number of nitrogens with one attached hydrogen (secondary N) is 2. The summed E-state index contributed by atoms with van der Waals surface area (Å²) in [6.45, 7) is -0.538. The van der Waals surface area contributed by atoms with E-state index in [0.29, 0.717) is 14.2 Å².